The van der Waals surface area contributed by atoms with Crippen LogP contribution in [0.4, 0.5) is 5.69 Å². The molecule has 4 rings (SSSR count). The Morgan fingerprint density at radius 2 is 1.80 bits per heavy atom. The van der Waals surface area contributed by atoms with E-state index in [1.165, 1.54) is 0 Å². The highest BCUT2D eigenvalue weighted by atomic mass is 32.2. The van der Waals surface area contributed by atoms with Crippen molar-refractivity contribution in [2.75, 3.05) is 12.3 Å². The average molecular weight is 494 g/mol. The van der Waals surface area contributed by atoms with Crippen molar-refractivity contribution in [3.8, 4) is 11.3 Å². The van der Waals surface area contributed by atoms with Gasteiger partial charge in [-0.25, -0.2) is 18.4 Å². The molecule has 1 unspecified atom stereocenters. The van der Waals surface area contributed by atoms with Crippen LogP contribution in [-0.2, 0) is 9.84 Å². The van der Waals surface area contributed by atoms with Crippen molar-refractivity contribution in [3.05, 3.63) is 72.1 Å². The van der Waals surface area contributed by atoms with E-state index in [2.05, 4.69) is 20.3 Å². The highest BCUT2D eigenvalue weighted by Crippen LogP contribution is 2.25. The van der Waals surface area contributed by atoms with Crippen LogP contribution >= 0.6 is 0 Å². The van der Waals surface area contributed by atoms with Gasteiger partial charge >= 0.3 is 0 Å². The van der Waals surface area contributed by atoms with Gasteiger partial charge in [0.2, 0.25) is 0 Å². The van der Waals surface area contributed by atoms with Crippen molar-refractivity contribution in [2.45, 2.75) is 36.5 Å². The summed E-state index contributed by atoms with van der Waals surface area (Å²) in [6, 6.07) is 13.1. The number of nitrogens with one attached hydrogen (secondary N) is 2. The van der Waals surface area contributed by atoms with Gasteiger partial charge < -0.3 is 21.1 Å². The number of anilines is 1. The van der Waals surface area contributed by atoms with E-state index in [0.717, 1.165) is 5.56 Å². The molecule has 1 amide bonds. The Kier molecular flexibility index (Phi) is 6.86. The molecule has 0 fully saturated rings. The topological polar surface area (TPSA) is 151 Å². The van der Waals surface area contributed by atoms with E-state index in [-0.39, 0.29) is 17.4 Å². The van der Waals surface area contributed by atoms with Crippen molar-refractivity contribution in [1.82, 2.24) is 20.3 Å². The standard InChI is InChI=1S/C25H27N5O4S/c1-15(2)35(33,34)19-9-5-17(6-10-19)22-14-28-24-23(29-22)20(13-27-24)25(32)30-21(11-12-31)16-3-7-18(26)8-4-16/h3-10,13-15,21,31H,11-12,26H2,1-2H3,(H,27,28)(H,30,32). The number of hydrogen-bond acceptors (Lipinski definition) is 7. The molecule has 4 aromatic rings. The van der Waals surface area contributed by atoms with Gasteiger partial charge in [0, 0.05) is 24.1 Å². The van der Waals surface area contributed by atoms with Crippen LogP contribution in [0.2, 0.25) is 0 Å². The number of rotatable bonds is 8. The smallest absolute Gasteiger partial charge is 0.255 e. The molecule has 0 saturated carbocycles. The number of nitrogens with two attached hydrogens (primary N) is 1. The van der Waals surface area contributed by atoms with Gasteiger partial charge in [-0.15, -0.1) is 0 Å². The minimum Gasteiger partial charge on any atom is -0.399 e. The molecule has 0 saturated heterocycles. The molecular weight excluding hydrogens is 466 g/mol. The summed E-state index contributed by atoms with van der Waals surface area (Å²) < 4.78 is 24.8. The zero-order chi connectivity index (χ0) is 25.2. The summed E-state index contributed by atoms with van der Waals surface area (Å²) >= 11 is 0. The maximum absolute atomic E-state index is 13.1. The van der Waals surface area contributed by atoms with Gasteiger partial charge in [-0.3, -0.25) is 4.79 Å². The van der Waals surface area contributed by atoms with Crippen LogP contribution in [0.1, 0.15) is 42.2 Å². The van der Waals surface area contributed by atoms with E-state index < -0.39 is 21.1 Å². The molecule has 9 nitrogen and oxygen atoms in total. The predicted octanol–water partition coefficient (Wildman–Crippen LogP) is 3.24. The molecule has 2 aromatic carbocycles. The molecule has 1 atom stereocenters. The third kappa shape index (κ3) is 5.03. The SMILES string of the molecule is CC(C)S(=O)(=O)c1ccc(-c2cnc3[nH]cc(C(=O)NC(CCO)c4ccc(N)cc4)c3n2)cc1. The molecule has 2 heterocycles. The monoisotopic (exact) mass is 493 g/mol. The summed E-state index contributed by atoms with van der Waals surface area (Å²) in [6.45, 7) is 3.18. The number of fused-ring (bicyclic) bond motifs is 1. The number of aliphatic hydroxyl groups excluding tert-OH is 1. The van der Waals surface area contributed by atoms with Crippen LogP contribution in [0.3, 0.4) is 0 Å². The van der Waals surface area contributed by atoms with Crippen LogP contribution in [-0.4, -0.2) is 46.2 Å². The summed E-state index contributed by atoms with van der Waals surface area (Å²) in [7, 11) is -3.38. The van der Waals surface area contributed by atoms with Gasteiger partial charge in [0.05, 0.1) is 33.6 Å². The number of H-pyrrole nitrogens is 1. The molecule has 10 heteroatoms. The molecule has 35 heavy (non-hydrogen) atoms. The van der Waals surface area contributed by atoms with Crippen LogP contribution in [0.25, 0.3) is 22.4 Å². The Bertz CT molecular complexity index is 1450. The van der Waals surface area contributed by atoms with Crippen LogP contribution < -0.4 is 11.1 Å². The van der Waals surface area contributed by atoms with Crippen LogP contribution in [0.5, 0.6) is 0 Å². The fraction of sp³-hybridized carbons (Fsp3) is 0.240. The minimum atomic E-state index is -3.38. The van der Waals surface area contributed by atoms with Crippen molar-refractivity contribution in [2.24, 2.45) is 0 Å². The lowest BCUT2D eigenvalue weighted by molar-refractivity contribution is 0.0931. The maximum Gasteiger partial charge on any atom is 0.255 e. The Balaban J connectivity index is 1.62. The van der Waals surface area contributed by atoms with Gasteiger partial charge in [0.15, 0.2) is 15.5 Å². The molecule has 0 bridgehead atoms. The lowest BCUT2D eigenvalue weighted by Gasteiger charge is -2.18. The first-order valence-corrected chi connectivity index (χ1v) is 12.7. The molecule has 0 radical (unpaired) electrons. The average Bonchev–Trinajstić information content (AvgIpc) is 3.28. The lowest BCUT2D eigenvalue weighted by atomic mass is 10.0. The van der Waals surface area contributed by atoms with Crippen molar-refractivity contribution in [1.29, 1.82) is 0 Å². The zero-order valence-corrected chi connectivity index (χ0v) is 20.2. The molecule has 0 aliphatic carbocycles. The molecule has 0 spiro atoms. The normalized spacial score (nSPS) is 12.7. The van der Waals surface area contributed by atoms with E-state index in [9.17, 15) is 18.3 Å². The number of nitrogen functional groups attached to an aromatic ring is 1. The second-order valence-electron chi connectivity index (χ2n) is 8.48. The Morgan fingerprint density at radius 3 is 2.43 bits per heavy atom. The first-order chi connectivity index (χ1) is 16.7. The Hall–Kier alpha value is -3.76. The van der Waals surface area contributed by atoms with E-state index in [4.69, 9.17) is 5.73 Å². The van der Waals surface area contributed by atoms with Gasteiger partial charge in [-0.05, 0) is 50.1 Å². The van der Waals surface area contributed by atoms with E-state index in [1.807, 2.05) is 12.1 Å². The highest BCUT2D eigenvalue weighted by molar-refractivity contribution is 7.92. The second kappa shape index (κ2) is 9.85. The number of aromatic amines is 1. The largest absolute Gasteiger partial charge is 0.399 e. The number of aliphatic hydroxyl groups is 1. The van der Waals surface area contributed by atoms with Gasteiger partial charge in [-0.1, -0.05) is 24.3 Å². The van der Waals surface area contributed by atoms with Gasteiger partial charge in [-0.2, -0.15) is 0 Å². The predicted molar refractivity (Wildman–Crippen MR) is 134 cm³/mol. The summed E-state index contributed by atoms with van der Waals surface area (Å²) in [6.07, 6.45) is 3.44. The summed E-state index contributed by atoms with van der Waals surface area (Å²) in [5, 5.41) is 11.9. The fourth-order valence-electron chi connectivity index (χ4n) is 3.71. The van der Waals surface area contributed by atoms with E-state index in [0.29, 0.717) is 40.1 Å². The summed E-state index contributed by atoms with van der Waals surface area (Å²) in [4.78, 5) is 25.3. The molecular formula is C25H27N5O4S. The van der Waals surface area contributed by atoms with E-state index >= 15 is 0 Å². The van der Waals surface area contributed by atoms with Crippen LogP contribution in [0, 0.1) is 0 Å². The molecule has 0 aliphatic rings. The summed E-state index contributed by atoms with van der Waals surface area (Å²) in [5.74, 6) is -0.364. The third-order valence-corrected chi connectivity index (χ3v) is 7.96. The summed E-state index contributed by atoms with van der Waals surface area (Å²) in [5.41, 5.74) is 9.52. The quantitative estimate of drug-likeness (QED) is 0.275. The number of carbonyl (C=O) groups excluding carboxylic acids is 1. The molecule has 5 N–H and O–H groups in total. The Labute approximate surface area is 203 Å². The number of amides is 1. The number of sulfone groups is 1. The number of hydrogen-bond donors (Lipinski definition) is 4. The zero-order valence-electron chi connectivity index (χ0n) is 19.4. The van der Waals surface area contributed by atoms with Crippen LogP contribution in [0.15, 0.2) is 65.8 Å². The number of aromatic nitrogens is 3. The van der Waals surface area contributed by atoms with E-state index in [1.54, 1.807) is 62.6 Å². The number of benzene rings is 2. The molecule has 182 valence electrons. The molecule has 2 aromatic heterocycles. The first kappa shape index (κ1) is 24.4. The number of carbonyl (C=O) groups is 1. The van der Waals surface area contributed by atoms with Crippen molar-refractivity contribution < 1.29 is 18.3 Å². The Morgan fingerprint density at radius 1 is 1.11 bits per heavy atom. The fourth-order valence-corrected chi connectivity index (χ4v) is 4.77. The van der Waals surface area contributed by atoms with Gasteiger partial charge in [0.1, 0.15) is 5.52 Å². The molecule has 0 aliphatic heterocycles. The highest BCUT2D eigenvalue weighted by Gasteiger charge is 2.21. The number of nitrogens with zero attached hydrogens (tertiary/aromatic N) is 2. The third-order valence-electron chi connectivity index (χ3n) is 5.79. The van der Waals surface area contributed by atoms with Gasteiger partial charge in [0.25, 0.3) is 5.91 Å². The minimum absolute atomic E-state index is 0.102. The maximum atomic E-state index is 13.1. The van der Waals surface area contributed by atoms with Crippen molar-refractivity contribution in [3.63, 3.8) is 0 Å². The first-order valence-electron chi connectivity index (χ1n) is 11.2. The lowest BCUT2D eigenvalue weighted by Crippen LogP contribution is -2.29. The second-order valence-corrected chi connectivity index (χ2v) is 11.0. The van der Waals surface area contributed by atoms with Crippen molar-refractivity contribution >= 4 is 32.6 Å².